The van der Waals surface area contributed by atoms with E-state index in [2.05, 4.69) is 33.6 Å². The molecule has 0 aliphatic carbocycles. The van der Waals surface area contributed by atoms with Gasteiger partial charge in [0.1, 0.15) is 0 Å². The smallest absolute Gasteiger partial charge is 0.273 e. The Balaban J connectivity index is 1.79. The van der Waals surface area contributed by atoms with Crippen molar-refractivity contribution in [3.8, 4) is 11.3 Å². The van der Waals surface area contributed by atoms with Gasteiger partial charge in [0.25, 0.3) is 11.8 Å². The summed E-state index contributed by atoms with van der Waals surface area (Å²) >= 11 is 0. The summed E-state index contributed by atoms with van der Waals surface area (Å²) in [5, 5.41) is 5.41. The maximum absolute atomic E-state index is 12.6. The van der Waals surface area contributed by atoms with Crippen LogP contribution >= 0.6 is 0 Å². The molecular formula is C22H23N5O2. The van der Waals surface area contributed by atoms with Crippen molar-refractivity contribution in [3.63, 3.8) is 0 Å². The summed E-state index contributed by atoms with van der Waals surface area (Å²) in [5.41, 5.74) is 10.9. The fourth-order valence-corrected chi connectivity index (χ4v) is 2.84. The molecule has 0 unspecified atom stereocenters. The number of nitrogen functional groups attached to an aromatic ring is 1. The second kappa shape index (κ2) is 8.52. The highest BCUT2D eigenvalue weighted by molar-refractivity contribution is 5.97. The van der Waals surface area contributed by atoms with Gasteiger partial charge < -0.3 is 16.4 Å². The molecule has 29 heavy (non-hydrogen) atoms. The van der Waals surface area contributed by atoms with Crippen molar-refractivity contribution in [2.24, 2.45) is 0 Å². The molecule has 0 aliphatic rings. The number of amides is 2. The number of benzene rings is 2. The normalized spacial score (nSPS) is 10.4. The van der Waals surface area contributed by atoms with Crippen LogP contribution in [0, 0.1) is 13.8 Å². The average molecular weight is 389 g/mol. The highest BCUT2D eigenvalue weighted by Crippen LogP contribution is 2.20. The molecule has 0 fully saturated rings. The van der Waals surface area contributed by atoms with Crippen LogP contribution in [0.2, 0.25) is 0 Å². The van der Waals surface area contributed by atoms with Gasteiger partial charge in [0.15, 0.2) is 11.5 Å². The van der Waals surface area contributed by atoms with Gasteiger partial charge in [-0.25, -0.2) is 9.97 Å². The van der Waals surface area contributed by atoms with Crippen LogP contribution < -0.4 is 16.4 Å². The van der Waals surface area contributed by atoms with Crippen molar-refractivity contribution in [1.82, 2.24) is 20.6 Å². The van der Waals surface area contributed by atoms with Gasteiger partial charge in [-0.1, -0.05) is 30.3 Å². The Morgan fingerprint density at radius 1 is 1.03 bits per heavy atom. The van der Waals surface area contributed by atoms with Crippen molar-refractivity contribution in [2.75, 3.05) is 12.8 Å². The van der Waals surface area contributed by atoms with E-state index >= 15 is 0 Å². The zero-order chi connectivity index (χ0) is 21.0. The quantitative estimate of drug-likeness (QED) is 0.621. The molecule has 7 nitrogen and oxygen atoms in total. The lowest BCUT2D eigenvalue weighted by atomic mass is 10.1. The van der Waals surface area contributed by atoms with Crippen molar-refractivity contribution < 1.29 is 9.59 Å². The summed E-state index contributed by atoms with van der Waals surface area (Å²) in [6.07, 6.45) is 1.48. The van der Waals surface area contributed by atoms with Gasteiger partial charge in [-0.05, 0) is 42.7 Å². The lowest BCUT2D eigenvalue weighted by Crippen LogP contribution is -2.23. The van der Waals surface area contributed by atoms with E-state index < -0.39 is 5.91 Å². The Labute approximate surface area is 169 Å². The van der Waals surface area contributed by atoms with E-state index in [1.54, 1.807) is 24.3 Å². The number of nitrogens with two attached hydrogens (primary N) is 1. The van der Waals surface area contributed by atoms with Gasteiger partial charge in [0.05, 0.1) is 11.9 Å². The van der Waals surface area contributed by atoms with Crippen molar-refractivity contribution in [2.45, 2.75) is 20.4 Å². The van der Waals surface area contributed by atoms with E-state index in [0.717, 1.165) is 5.56 Å². The predicted molar refractivity (Wildman–Crippen MR) is 112 cm³/mol. The maximum Gasteiger partial charge on any atom is 0.273 e. The number of aromatic nitrogens is 2. The van der Waals surface area contributed by atoms with Crippen LogP contribution in [0.25, 0.3) is 11.3 Å². The summed E-state index contributed by atoms with van der Waals surface area (Å²) < 4.78 is 0. The third-order valence-electron chi connectivity index (χ3n) is 4.69. The SMILES string of the molecule is CNC(=O)c1nc(-c2cccc(C(=O)NCc3ccc(C)c(C)c3)c2)cnc1N. The molecule has 148 valence electrons. The van der Waals surface area contributed by atoms with Crippen LogP contribution in [-0.4, -0.2) is 28.8 Å². The number of carbonyl (C=O) groups excluding carboxylic acids is 2. The maximum atomic E-state index is 12.6. The molecule has 0 aliphatic heterocycles. The van der Waals surface area contributed by atoms with Gasteiger partial charge in [-0.2, -0.15) is 0 Å². The Bertz CT molecular complexity index is 1080. The van der Waals surface area contributed by atoms with Crippen LogP contribution in [0.3, 0.4) is 0 Å². The van der Waals surface area contributed by atoms with Gasteiger partial charge in [0.2, 0.25) is 0 Å². The van der Waals surface area contributed by atoms with E-state index in [1.165, 1.54) is 24.4 Å². The number of anilines is 1. The van der Waals surface area contributed by atoms with Crippen molar-refractivity contribution in [1.29, 1.82) is 0 Å². The van der Waals surface area contributed by atoms with Crippen LogP contribution in [-0.2, 0) is 6.54 Å². The molecule has 1 heterocycles. The van der Waals surface area contributed by atoms with Crippen LogP contribution in [0.4, 0.5) is 5.82 Å². The molecule has 3 rings (SSSR count). The molecule has 1 aromatic heterocycles. The fraction of sp³-hybridized carbons (Fsp3) is 0.182. The largest absolute Gasteiger partial charge is 0.382 e. The molecular weight excluding hydrogens is 366 g/mol. The summed E-state index contributed by atoms with van der Waals surface area (Å²) in [5.74, 6) is -0.561. The Kier molecular flexibility index (Phi) is 5.87. The van der Waals surface area contributed by atoms with Crippen molar-refractivity contribution in [3.05, 3.63) is 76.6 Å². The molecule has 7 heteroatoms. The van der Waals surface area contributed by atoms with E-state index in [-0.39, 0.29) is 17.4 Å². The third kappa shape index (κ3) is 4.57. The molecule has 0 spiro atoms. The number of nitrogens with zero attached hydrogens (tertiary/aromatic N) is 2. The number of aryl methyl sites for hydroxylation is 2. The van der Waals surface area contributed by atoms with Crippen molar-refractivity contribution >= 4 is 17.6 Å². The first-order chi connectivity index (χ1) is 13.9. The van der Waals surface area contributed by atoms with Gasteiger partial charge in [0, 0.05) is 24.7 Å². The lowest BCUT2D eigenvalue weighted by Gasteiger charge is -2.09. The minimum atomic E-state index is -0.417. The number of hydrogen-bond donors (Lipinski definition) is 3. The van der Waals surface area contributed by atoms with E-state index in [0.29, 0.717) is 23.4 Å². The Hall–Kier alpha value is -3.74. The van der Waals surface area contributed by atoms with E-state index in [4.69, 9.17) is 5.73 Å². The topological polar surface area (TPSA) is 110 Å². The second-order valence-corrected chi connectivity index (χ2v) is 6.75. The van der Waals surface area contributed by atoms with Crippen LogP contribution in [0.1, 0.15) is 37.5 Å². The first-order valence-corrected chi connectivity index (χ1v) is 9.18. The Morgan fingerprint density at radius 2 is 1.83 bits per heavy atom. The van der Waals surface area contributed by atoms with Gasteiger partial charge in [-0.15, -0.1) is 0 Å². The summed E-state index contributed by atoms with van der Waals surface area (Å²) in [6.45, 7) is 4.54. The summed E-state index contributed by atoms with van der Waals surface area (Å²) in [6, 6.07) is 13.1. The molecule has 0 saturated heterocycles. The zero-order valence-corrected chi connectivity index (χ0v) is 16.6. The molecule has 3 aromatic rings. The highest BCUT2D eigenvalue weighted by Gasteiger charge is 2.14. The molecule has 2 aromatic carbocycles. The minimum absolute atomic E-state index is 0.0506. The van der Waals surface area contributed by atoms with E-state index in [1.807, 2.05) is 19.1 Å². The van der Waals surface area contributed by atoms with Gasteiger partial charge >= 0.3 is 0 Å². The molecule has 0 radical (unpaired) electrons. The fourth-order valence-electron chi connectivity index (χ4n) is 2.84. The molecule has 0 saturated carbocycles. The first kappa shape index (κ1) is 20.0. The molecule has 4 N–H and O–H groups in total. The zero-order valence-electron chi connectivity index (χ0n) is 16.6. The second-order valence-electron chi connectivity index (χ2n) is 6.75. The highest BCUT2D eigenvalue weighted by atomic mass is 16.2. The monoisotopic (exact) mass is 389 g/mol. The number of nitrogens with one attached hydrogen (secondary N) is 2. The summed E-state index contributed by atoms with van der Waals surface area (Å²) in [7, 11) is 1.50. The molecule has 2 amide bonds. The standard InChI is InChI=1S/C22H23N5O2/c1-13-7-8-15(9-14(13)2)11-26-21(28)17-6-4-5-16(10-17)18-12-25-20(23)19(27-18)22(29)24-3/h4-10,12H,11H2,1-3H3,(H2,23,25)(H,24,29)(H,26,28). The van der Waals surface area contributed by atoms with Crippen LogP contribution in [0.15, 0.2) is 48.7 Å². The first-order valence-electron chi connectivity index (χ1n) is 9.18. The van der Waals surface area contributed by atoms with Gasteiger partial charge in [-0.3, -0.25) is 9.59 Å². The number of carbonyl (C=O) groups is 2. The number of rotatable bonds is 5. The molecule has 0 atom stereocenters. The Morgan fingerprint density at radius 3 is 2.55 bits per heavy atom. The lowest BCUT2D eigenvalue weighted by molar-refractivity contribution is 0.0945. The average Bonchev–Trinajstić information content (AvgIpc) is 2.74. The third-order valence-corrected chi connectivity index (χ3v) is 4.69. The minimum Gasteiger partial charge on any atom is -0.382 e. The number of hydrogen-bond acceptors (Lipinski definition) is 5. The molecule has 0 bridgehead atoms. The van der Waals surface area contributed by atoms with E-state index in [9.17, 15) is 9.59 Å². The van der Waals surface area contributed by atoms with Crippen LogP contribution in [0.5, 0.6) is 0 Å². The predicted octanol–water partition coefficient (Wildman–Crippen LogP) is 2.63. The summed E-state index contributed by atoms with van der Waals surface area (Å²) in [4.78, 5) is 32.8.